The number of methoxy groups -OCH3 is 1. The number of non-ortho nitro benzene ring substituents is 1. The standard InChI is InChI=1S/C19H18N2O4/c1-13(2)25-18-8-7-14(10-19(18)24-3)9-16(12-20)15-5-4-6-17(11-15)21(22)23/h4-11,13H,1-3H3/b16-9-. The maximum Gasteiger partial charge on any atom is 0.270 e. The Hall–Kier alpha value is -3.33. The van der Waals surface area contributed by atoms with Gasteiger partial charge in [-0.2, -0.15) is 5.26 Å². The first-order valence-corrected chi connectivity index (χ1v) is 7.66. The second-order valence-electron chi connectivity index (χ2n) is 5.55. The minimum absolute atomic E-state index is 0.00910. The first-order chi connectivity index (χ1) is 11.9. The van der Waals surface area contributed by atoms with Gasteiger partial charge in [0.15, 0.2) is 11.5 Å². The zero-order valence-corrected chi connectivity index (χ0v) is 14.2. The smallest absolute Gasteiger partial charge is 0.270 e. The van der Waals surface area contributed by atoms with Crippen molar-refractivity contribution in [2.24, 2.45) is 0 Å². The maximum absolute atomic E-state index is 10.9. The molecule has 0 saturated carbocycles. The van der Waals surface area contributed by atoms with Crippen molar-refractivity contribution < 1.29 is 14.4 Å². The van der Waals surface area contributed by atoms with Crippen LogP contribution in [0.4, 0.5) is 5.69 Å². The fourth-order valence-corrected chi connectivity index (χ4v) is 2.26. The van der Waals surface area contributed by atoms with E-state index in [1.54, 1.807) is 43.5 Å². The number of allylic oxidation sites excluding steroid dienone is 1. The predicted octanol–water partition coefficient (Wildman–Crippen LogP) is 4.45. The second-order valence-corrected chi connectivity index (χ2v) is 5.55. The Morgan fingerprint density at radius 1 is 1.24 bits per heavy atom. The van der Waals surface area contributed by atoms with Crippen molar-refractivity contribution in [3.05, 3.63) is 63.7 Å². The van der Waals surface area contributed by atoms with E-state index in [9.17, 15) is 15.4 Å². The zero-order chi connectivity index (χ0) is 18.4. The van der Waals surface area contributed by atoms with Gasteiger partial charge in [0.25, 0.3) is 5.69 Å². The van der Waals surface area contributed by atoms with E-state index in [0.29, 0.717) is 22.6 Å². The summed E-state index contributed by atoms with van der Waals surface area (Å²) in [6.45, 7) is 3.84. The van der Waals surface area contributed by atoms with E-state index in [1.165, 1.54) is 12.1 Å². The molecule has 25 heavy (non-hydrogen) atoms. The van der Waals surface area contributed by atoms with Crippen LogP contribution in [0.3, 0.4) is 0 Å². The van der Waals surface area contributed by atoms with Crippen molar-refractivity contribution in [2.75, 3.05) is 7.11 Å². The summed E-state index contributed by atoms with van der Waals surface area (Å²) in [6, 6.07) is 13.4. The molecule has 2 rings (SSSR count). The van der Waals surface area contributed by atoms with Gasteiger partial charge < -0.3 is 9.47 Å². The highest BCUT2D eigenvalue weighted by atomic mass is 16.6. The molecule has 128 valence electrons. The van der Waals surface area contributed by atoms with Crippen LogP contribution >= 0.6 is 0 Å². The van der Waals surface area contributed by atoms with E-state index in [4.69, 9.17) is 9.47 Å². The Morgan fingerprint density at radius 3 is 2.60 bits per heavy atom. The third kappa shape index (κ3) is 4.58. The van der Waals surface area contributed by atoms with Gasteiger partial charge in [-0.05, 0) is 43.2 Å². The number of benzene rings is 2. The molecule has 0 bridgehead atoms. The molecule has 0 aromatic heterocycles. The number of nitrogens with zero attached hydrogens (tertiary/aromatic N) is 2. The third-order valence-electron chi connectivity index (χ3n) is 3.35. The first-order valence-electron chi connectivity index (χ1n) is 7.66. The molecule has 2 aromatic carbocycles. The number of hydrogen-bond acceptors (Lipinski definition) is 5. The Morgan fingerprint density at radius 2 is 2.00 bits per heavy atom. The van der Waals surface area contributed by atoms with Gasteiger partial charge in [-0.15, -0.1) is 0 Å². The number of hydrogen-bond donors (Lipinski definition) is 0. The van der Waals surface area contributed by atoms with Crippen LogP contribution in [0.5, 0.6) is 11.5 Å². The van der Waals surface area contributed by atoms with E-state index in [-0.39, 0.29) is 11.8 Å². The number of nitriles is 1. The van der Waals surface area contributed by atoms with Crippen molar-refractivity contribution in [2.45, 2.75) is 20.0 Å². The highest BCUT2D eigenvalue weighted by molar-refractivity contribution is 5.90. The average Bonchev–Trinajstić information content (AvgIpc) is 2.60. The molecule has 6 nitrogen and oxygen atoms in total. The summed E-state index contributed by atoms with van der Waals surface area (Å²) in [4.78, 5) is 10.4. The molecule has 0 aliphatic heterocycles. The lowest BCUT2D eigenvalue weighted by atomic mass is 10.0. The van der Waals surface area contributed by atoms with Crippen molar-refractivity contribution in [3.63, 3.8) is 0 Å². The molecule has 0 aliphatic rings. The Balaban J connectivity index is 2.41. The van der Waals surface area contributed by atoms with E-state index in [0.717, 1.165) is 5.56 Å². The van der Waals surface area contributed by atoms with Crippen LogP contribution in [0.2, 0.25) is 0 Å². The van der Waals surface area contributed by atoms with Crippen molar-refractivity contribution >= 4 is 17.3 Å². The fraction of sp³-hybridized carbons (Fsp3) is 0.211. The minimum Gasteiger partial charge on any atom is -0.493 e. The SMILES string of the molecule is COc1cc(/C=C(/C#N)c2cccc([N+](=O)[O-])c2)ccc1OC(C)C. The van der Waals surface area contributed by atoms with Crippen LogP contribution in [-0.4, -0.2) is 18.1 Å². The van der Waals surface area contributed by atoms with Crippen LogP contribution in [0, 0.1) is 21.4 Å². The summed E-state index contributed by atoms with van der Waals surface area (Å²) < 4.78 is 11.0. The maximum atomic E-state index is 10.9. The van der Waals surface area contributed by atoms with Crippen LogP contribution < -0.4 is 9.47 Å². The Labute approximate surface area is 146 Å². The largest absolute Gasteiger partial charge is 0.493 e. The summed E-state index contributed by atoms with van der Waals surface area (Å²) in [6.07, 6.45) is 1.66. The molecule has 0 saturated heterocycles. The Kier molecular flexibility index (Phi) is 5.75. The van der Waals surface area contributed by atoms with Gasteiger partial charge in [-0.25, -0.2) is 0 Å². The van der Waals surface area contributed by atoms with Gasteiger partial charge in [0.05, 0.1) is 29.8 Å². The van der Waals surface area contributed by atoms with E-state index < -0.39 is 4.92 Å². The lowest BCUT2D eigenvalue weighted by Crippen LogP contribution is -2.06. The van der Waals surface area contributed by atoms with E-state index in [2.05, 4.69) is 6.07 Å². The second kappa shape index (κ2) is 7.97. The normalized spacial score (nSPS) is 11.1. The van der Waals surface area contributed by atoms with Crippen molar-refractivity contribution in [3.8, 4) is 17.6 Å². The zero-order valence-electron chi connectivity index (χ0n) is 14.2. The van der Waals surface area contributed by atoms with Gasteiger partial charge in [0.2, 0.25) is 0 Å². The molecule has 0 radical (unpaired) electrons. The van der Waals surface area contributed by atoms with Crippen molar-refractivity contribution in [1.82, 2.24) is 0 Å². The number of nitro groups is 1. The van der Waals surface area contributed by atoms with Gasteiger partial charge >= 0.3 is 0 Å². The molecule has 0 N–H and O–H groups in total. The monoisotopic (exact) mass is 338 g/mol. The molecule has 0 aliphatic carbocycles. The first kappa shape index (κ1) is 18.0. The molecule has 0 heterocycles. The molecular weight excluding hydrogens is 320 g/mol. The number of nitro benzene ring substituents is 1. The molecule has 0 fully saturated rings. The highest BCUT2D eigenvalue weighted by Gasteiger charge is 2.10. The highest BCUT2D eigenvalue weighted by Crippen LogP contribution is 2.31. The lowest BCUT2D eigenvalue weighted by Gasteiger charge is -2.14. The molecule has 0 atom stereocenters. The van der Waals surface area contributed by atoms with E-state index >= 15 is 0 Å². The summed E-state index contributed by atoms with van der Waals surface area (Å²) in [5.41, 5.74) is 1.48. The minimum atomic E-state index is -0.487. The molecule has 6 heteroatoms. The van der Waals surface area contributed by atoms with Crippen LogP contribution in [0.1, 0.15) is 25.0 Å². The van der Waals surface area contributed by atoms with Gasteiger partial charge in [-0.1, -0.05) is 18.2 Å². The quantitative estimate of drug-likeness (QED) is 0.336. The number of rotatable bonds is 6. The third-order valence-corrected chi connectivity index (χ3v) is 3.35. The summed E-state index contributed by atoms with van der Waals surface area (Å²) in [7, 11) is 1.54. The van der Waals surface area contributed by atoms with Gasteiger partial charge in [0, 0.05) is 12.1 Å². The van der Waals surface area contributed by atoms with Crippen LogP contribution in [0.15, 0.2) is 42.5 Å². The molecule has 0 amide bonds. The summed E-state index contributed by atoms with van der Waals surface area (Å²) in [5, 5.41) is 20.3. The summed E-state index contributed by atoms with van der Waals surface area (Å²) in [5.74, 6) is 1.17. The van der Waals surface area contributed by atoms with Gasteiger partial charge in [0.1, 0.15) is 0 Å². The average molecular weight is 338 g/mol. The molecule has 2 aromatic rings. The fourth-order valence-electron chi connectivity index (χ4n) is 2.26. The topological polar surface area (TPSA) is 85.4 Å². The Bertz CT molecular complexity index is 851. The molecule has 0 unspecified atom stereocenters. The van der Waals surface area contributed by atoms with Gasteiger partial charge in [-0.3, -0.25) is 10.1 Å². The summed E-state index contributed by atoms with van der Waals surface area (Å²) >= 11 is 0. The lowest BCUT2D eigenvalue weighted by molar-refractivity contribution is -0.384. The molecular formula is C19H18N2O4. The predicted molar refractivity (Wildman–Crippen MR) is 95.3 cm³/mol. The van der Waals surface area contributed by atoms with Crippen LogP contribution in [0.25, 0.3) is 11.6 Å². The molecule has 0 spiro atoms. The van der Waals surface area contributed by atoms with E-state index in [1.807, 2.05) is 13.8 Å². The van der Waals surface area contributed by atoms with Crippen molar-refractivity contribution in [1.29, 1.82) is 5.26 Å². The van der Waals surface area contributed by atoms with Crippen LogP contribution in [-0.2, 0) is 0 Å². The number of ether oxygens (including phenoxy) is 2.